The number of nitrogens with two attached hydrogens (primary N) is 1. The van der Waals surface area contributed by atoms with Crippen molar-refractivity contribution in [1.29, 1.82) is 0 Å². The van der Waals surface area contributed by atoms with Crippen LogP contribution in [0, 0.1) is 0 Å². The largest absolute Gasteiger partial charge is 0.394 e. The van der Waals surface area contributed by atoms with Crippen molar-refractivity contribution >= 4 is 5.91 Å². The lowest BCUT2D eigenvalue weighted by atomic mass is 9.97. The van der Waals surface area contributed by atoms with Crippen molar-refractivity contribution in [1.82, 2.24) is 4.90 Å². The van der Waals surface area contributed by atoms with Crippen LogP contribution in [0.4, 0.5) is 0 Å². The number of aliphatic hydroxyl groups is 1. The fourth-order valence-electron chi connectivity index (χ4n) is 2.61. The van der Waals surface area contributed by atoms with E-state index in [0.29, 0.717) is 13.1 Å². The zero-order valence-electron chi connectivity index (χ0n) is 11.7. The van der Waals surface area contributed by atoms with Crippen molar-refractivity contribution < 1.29 is 14.6 Å². The van der Waals surface area contributed by atoms with Crippen molar-refractivity contribution in [2.45, 2.75) is 25.0 Å². The summed E-state index contributed by atoms with van der Waals surface area (Å²) in [7, 11) is 0. The fourth-order valence-corrected chi connectivity index (χ4v) is 2.61. The number of nitrogens with zero attached hydrogens (tertiary/aromatic N) is 1. The number of hydrogen-bond acceptors (Lipinski definition) is 4. The summed E-state index contributed by atoms with van der Waals surface area (Å²) in [6.07, 6.45) is -0.379. The van der Waals surface area contributed by atoms with Crippen LogP contribution in [0.5, 0.6) is 0 Å². The molecule has 1 aromatic rings. The molecule has 1 aromatic carbocycles. The molecule has 5 nitrogen and oxygen atoms in total. The minimum atomic E-state index is -0.333. The third kappa shape index (κ3) is 3.36. The smallest absolute Gasteiger partial charge is 0.231 e. The highest BCUT2D eigenvalue weighted by atomic mass is 16.5. The third-order valence-electron chi connectivity index (χ3n) is 3.58. The van der Waals surface area contributed by atoms with E-state index in [2.05, 4.69) is 0 Å². The van der Waals surface area contributed by atoms with E-state index >= 15 is 0 Å². The first-order chi connectivity index (χ1) is 9.65. The van der Waals surface area contributed by atoms with Crippen LogP contribution in [0.2, 0.25) is 0 Å². The van der Waals surface area contributed by atoms with E-state index in [1.165, 1.54) is 0 Å². The number of rotatable bonds is 4. The number of morpholine rings is 1. The number of carbonyl (C=O) groups is 1. The molecule has 3 N–H and O–H groups in total. The molecule has 0 aromatic heterocycles. The van der Waals surface area contributed by atoms with E-state index < -0.39 is 0 Å². The van der Waals surface area contributed by atoms with E-state index in [9.17, 15) is 9.90 Å². The van der Waals surface area contributed by atoms with Crippen LogP contribution >= 0.6 is 0 Å². The Bertz CT molecular complexity index is 438. The molecule has 5 heteroatoms. The van der Waals surface area contributed by atoms with Gasteiger partial charge in [0.2, 0.25) is 5.91 Å². The van der Waals surface area contributed by atoms with E-state index in [1.54, 1.807) is 4.90 Å². The van der Waals surface area contributed by atoms with Crippen molar-refractivity contribution in [3.05, 3.63) is 35.9 Å². The van der Waals surface area contributed by atoms with E-state index in [0.717, 1.165) is 5.56 Å². The molecule has 0 bridgehead atoms. The zero-order chi connectivity index (χ0) is 14.5. The zero-order valence-corrected chi connectivity index (χ0v) is 11.7. The Morgan fingerprint density at radius 3 is 2.75 bits per heavy atom. The SMILES string of the molecule is CC1CN(C(=O)C(CN)c2ccccc2)CC(CO)O1. The van der Waals surface area contributed by atoms with Gasteiger partial charge in [-0.2, -0.15) is 0 Å². The second kappa shape index (κ2) is 6.83. The van der Waals surface area contributed by atoms with Gasteiger partial charge in [-0.05, 0) is 12.5 Å². The molecule has 1 aliphatic heterocycles. The molecule has 0 radical (unpaired) electrons. The van der Waals surface area contributed by atoms with Crippen LogP contribution in [-0.2, 0) is 9.53 Å². The van der Waals surface area contributed by atoms with Gasteiger partial charge in [0.1, 0.15) is 0 Å². The highest BCUT2D eigenvalue weighted by Crippen LogP contribution is 2.20. The van der Waals surface area contributed by atoms with Crippen LogP contribution in [0.25, 0.3) is 0 Å². The quantitative estimate of drug-likeness (QED) is 0.832. The average molecular weight is 278 g/mol. The van der Waals surface area contributed by atoms with E-state index in [1.807, 2.05) is 37.3 Å². The first-order valence-electron chi connectivity index (χ1n) is 6.95. The first kappa shape index (κ1) is 15.0. The predicted octanol–water partition coefficient (Wildman–Crippen LogP) is 0.337. The van der Waals surface area contributed by atoms with Crippen LogP contribution in [0.3, 0.4) is 0 Å². The maximum Gasteiger partial charge on any atom is 0.231 e. The Labute approximate surface area is 119 Å². The number of aliphatic hydroxyl groups excluding tert-OH is 1. The summed E-state index contributed by atoms with van der Waals surface area (Å²) in [5.74, 6) is -0.326. The number of hydrogen-bond donors (Lipinski definition) is 2. The molecule has 1 saturated heterocycles. The molecule has 3 unspecified atom stereocenters. The maximum absolute atomic E-state index is 12.6. The summed E-state index contributed by atoms with van der Waals surface area (Å²) in [5, 5.41) is 9.23. The van der Waals surface area contributed by atoms with Gasteiger partial charge in [0.15, 0.2) is 0 Å². The molecule has 110 valence electrons. The molecule has 20 heavy (non-hydrogen) atoms. The summed E-state index contributed by atoms with van der Waals surface area (Å²) in [6, 6.07) is 9.57. The fraction of sp³-hybridized carbons (Fsp3) is 0.533. The number of amides is 1. The lowest BCUT2D eigenvalue weighted by molar-refractivity contribution is -0.148. The van der Waals surface area contributed by atoms with Gasteiger partial charge in [-0.1, -0.05) is 30.3 Å². The van der Waals surface area contributed by atoms with Crippen molar-refractivity contribution in [3.63, 3.8) is 0 Å². The van der Waals surface area contributed by atoms with Gasteiger partial charge in [-0.3, -0.25) is 4.79 Å². The third-order valence-corrected chi connectivity index (χ3v) is 3.58. The standard InChI is InChI=1S/C15H22N2O3/c1-11-8-17(9-13(10-18)20-11)15(19)14(7-16)12-5-3-2-4-6-12/h2-6,11,13-14,18H,7-10,16H2,1H3. The van der Waals surface area contributed by atoms with Gasteiger partial charge in [-0.25, -0.2) is 0 Å². The van der Waals surface area contributed by atoms with Gasteiger partial charge in [-0.15, -0.1) is 0 Å². The first-order valence-corrected chi connectivity index (χ1v) is 6.95. The van der Waals surface area contributed by atoms with Crippen molar-refractivity contribution in [2.75, 3.05) is 26.2 Å². The molecule has 1 aliphatic rings. The number of ether oxygens (including phenoxy) is 1. The highest BCUT2D eigenvalue weighted by molar-refractivity contribution is 5.84. The molecule has 2 rings (SSSR count). The molecule has 1 heterocycles. The molecule has 0 spiro atoms. The Morgan fingerprint density at radius 1 is 1.45 bits per heavy atom. The molecule has 1 amide bonds. The van der Waals surface area contributed by atoms with E-state index in [4.69, 9.17) is 10.5 Å². The van der Waals surface area contributed by atoms with Crippen molar-refractivity contribution in [2.24, 2.45) is 5.73 Å². The number of carbonyl (C=O) groups excluding carboxylic acids is 1. The molecule has 3 atom stereocenters. The van der Waals surface area contributed by atoms with Gasteiger partial charge in [0.05, 0.1) is 24.7 Å². The summed E-state index contributed by atoms with van der Waals surface area (Å²) in [6.45, 7) is 3.06. The predicted molar refractivity (Wildman–Crippen MR) is 76.2 cm³/mol. The van der Waals surface area contributed by atoms with Gasteiger partial charge in [0, 0.05) is 19.6 Å². The van der Waals surface area contributed by atoms with Crippen LogP contribution in [-0.4, -0.2) is 54.4 Å². The Kier molecular flexibility index (Phi) is 5.11. The summed E-state index contributed by atoms with van der Waals surface area (Å²) in [4.78, 5) is 14.4. The van der Waals surface area contributed by atoms with Crippen LogP contribution in [0.1, 0.15) is 18.4 Å². The lowest BCUT2D eigenvalue weighted by Crippen LogP contribution is -2.52. The summed E-state index contributed by atoms with van der Waals surface area (Å²) in [5.41, 5.74) is 6.72. The van der Waals surface area contributed by atoms with Gasteiger partial charge >= 0.3 is 0 Å². The molecule has 0 saturated carbocycles. The Hall–Kier alpha value is -1.43. The minimum Gasteiger partial charge on any atom is -0.394 e. The molecule has 1 fully saturated rings. The van der Waals surface area contributed by atoms with Crippen molar-refractivity contribution in [3.8, 4) is 0 Å². The lowest BCUT2D eigenvalue weighted by Gasteiger charge is -2.37. The second-order valence-electron chi connectivity index (χ2n) is 5.19. The average Bonchev–Trinajstić information content (AvgIpc) is 2.48. The Morgan fingerprint density at radius 2 is 2.15 bits per heavy atom. The summed E-state index contributed by atoms with van der Waals surface area (Å²) < 4.78 is 5.56. The van der Waals surface area contributed by atoms with Crippen LogP contribution in [0.15, 0.2) is 30.3 Å². The molecule has 0 aliphatic carbocycles. The summed E-state index contributed by atoms with van der Waals surface area (Å²) >= 11 is 0. The Balaban J connectivity index is 2.12. The monoisotopic (exact) mass is 278 g/mol. The molecular weight excluding hydrogens is 256 g/mol. The maximum atomic E-state index is 12.6. The van der Waals surface area contributed by atoms with E-state index in [-0.39, 0.29) is 37.2 Å². The second-order valence-corrected chi connectivity index (χ2v) is 5.19. The highest BCUT2D eigenvalue weighted by Gasteiger charge is 2.31. The number of benzene rings is 1. The molecular formula is C15H22N2O3. The normalized spacial score (nSPS) is 24.4. The van der Waals surface area contributed by atoms with Crippen LogP contribution < -0.4 is 5.73 Å². The minimum absolute atomic E-state index is 0.00676. The van der Waals surface area contributed by atoms with Gasteiger partial charge < -0.3 is 20.5 Å². The van der Waals surface area contributed by atoms with Gasteiger partial charge in [0.25, 0.3) is 0 Å². The topological polar surface area (TPSA) is 75.8 Å².